The molecule has 4 rings (SSSR count). The molecule has 0 N–H and O–H groups in total. The first-order valence-electron chi connectivity index (χ1n) is 9.39. The van der Waals surface area contributed by atoms with Gasteiger partial charge in [0.1, 0.15) is 6.10 Å². The van der Waals surface area contributed by atoms with Crippen LogP contribution in [-0.4, -0.2) is 22.2 Å². The first-order chi connectivity index (χ1) is 13.4. The van der Waals surface area contributed by atoms with E-state index in [0.29, 0.717) is 17.5 Å². The minimum Gasteiger partial charge on any atom is -0.392 e. The molecule has 1 aliphatic heterocycles. The van der Waals surface area contributed by atoms with Crippen LogP contribution >= 0.6 is 0 Å². The molecule has 5 heteroatoms. The van der Waals surface area contributed by atoms with Crippen LogP contribution < -0.4 is 5.43 Å². The molecule has 1 atom stereocenters. The van der Waals surface area contributed by atoms with Crippen LogP contribution in [0.15, 0.2) is 58.6 Å². The molecule has 0 radical (unpaired) electrons. The summed E-state index contributed by atoms with van der Waals surface area (Å²) in [6.45, 7) is 6.41. The maximum atomic E-state index is 13.1. The number of benzene rings is 2. The smallest absolute Gasteiger partial charge is 0.200 e. The first-order valence-corrected chi connectivity index (χ1v) is 9.39. The lowest BCUT2D eigenvalue weighted by Crippen LogP contribution is -2.21. The van der Waals surface area contributed by atoms with Gasteiger partial charge >= 0.3 is 0 Å². The summed E-state index contributed by atoms with van der Waals surface area (Å²) >= 11 is 0. The van der Waals surface area contributed by atoms with E-state index in [-0.39, 0.29) is 22.9 Å². The van der Waals surface area contributed by atoms with Crippen molar-refractivity contribution in [2.45, 2.75) is 39.8 Å². The number of oxime groups is 1. The number of hydrogen-bond acceptors (Lipinski definition) is 4. The van der Waals surface area contributed by atoms with Crippen LogP contribution in [0.4, 0.5) is 0 Å². The van der Waals surface area contributed by atoms with Crippen molar-refractivity contribution in [3.63, 3.8) is 0 Å². The maximum absolute atomic E-state index is 13.1. The summed E-state index contributed by atoms with van der Waals surface area (Å²) in [7, 11) is 0. The highest BCUT2D eigenvalue weighted by atomic mass is 16.6. The molecule has 1 aromatic heterocycles. The van der Waals surface area contributed by atoms with Gasteiger partial charge in [0.25, 0.3) is 0 Å². The van der Waals surface area contributed by atoms with E-state index in [1.807, 2.05) is 55.7 Å². The van der Waals surface area contributed by atoms with E-state index < -0.39 is 0 Å². The summed E-state index contributed by atoms with van der Waals surface area (Å²) in [5.74, 6) is -0.259. The molecule has 0 saturated carbocycles. The number of aromatic nitrogens is 1. The second-order valence-corrected chi connectivity index (χ2v) is 7.42. The fourth-order valence-electron chi connectivity index (χ4n) is 3.54. The fraction of sp³-hybridized carbons (Fsp3) is 0.261. The van der Waals surface area contributed by atoms with Crippen molar-refractivity contribution in [1.29, 1.82) is 0 Å². The highest BCUT2D eigenvalue weighted by Crippen LogP contribution is 2.18. The number of pyridine rings is 1. The van der Waals surface area contributed by atoms with Crippen LogP contribution in [-0.2, 0) is 11.4 Å². The van der Waals surface area contributed by atoms with E-state index >= 15 is 0 Å². The monoisotopic (exact) mass is 374 g/mol. The number of rotatable bonds is 4. The molecule has 0 saturated heterocycles. The van der Waals surface area contributed by atoms with Crippen LogP contribution in [0.1, 0.15) is 40.4 Å². The SMILES string of the molecule is Cc1ccc(C(=O)c2cn(CC3=NOC(C)C3)c3ccccc3c2=O)cc1C. The van der Waals surface area contributed by atoms with Crippen molar-refractivity contribution in [1.82, 2.24) is 4.57 Å². The van der Waals surface area contributed by atoms with Crippen molar-refractivity contribution >= 4 is 22.4 Å². The van der Waals surface area contributed by atoms with Gasteiger partial charge in [-0.1, -0.05) is 29.4 Å². The lowest BCUT2D eigenvalue weighted by atomic mass is 9.98. The standard InChI is InChI=1S/C23H22N2O3/c1-14-8-9-17(10-15(14)2)22(26)20-13-25(12-18-11-16(3)28-24-18)21-7-5-4-6-19(21)23(20)27/h4-10,13,16H,11-12H2,1-3H3. The average molecular weight is 374 g/mol. The normalized spacial score (nSPS) is 16.1. The van der Waals surface area contributed by atoms with Gasteiger partial charge in [-0.25, -0.2) is 0 Å². The van der Waals surface area contributed by atoms with E-state index in [1.165, 1.54) is 0 Å². The van der Waals surface area contributed by atoms with Gasteiger partial charge < -0.3 is 9.40 Å². The molecular formula is C23H22N2O3. The number of para-hydroxylation sites is 1. The molecule has 0 spiro atoms. The number of carbonyl (C=O) groups is 1. The van der Waals surface area contributed by atoms with Crippen LogP contribution in [0.2, 0.25) is 0 Å². The van der Waals surface area contributed by atoms with Crippen molar-refractivity contribution in [3.05, 3.63) is 81.1 Å². The van der Waals surface area contributed by atoms with E-state index in [9.17, 15) is 9.59 Å². The average Bonchev–Trinajstić information content (AvgIpc) is 3.10. The quantitative estimate of drug-likeness (QED) is 0.648. The van der Waals surface area contributed by atoms with Gasteiger partial charge in [-0.3, -0.25) is 9.59 Å². The summed E-state index contributed by atoms with van der Waals surface area (Å²) in [5.41, 5.74) is 4.27. The number of carbonyl (C=O) groups excluding carboxylic acids is 1. The van der Waals surface area contributed by atoms with Gasteiger partial charge in [0.05, 0.1) is 23.3 Å². The summed E-state index contributed by atoms with van der Waals surface area (Å²) in [5, 5.41) is 4.66. The van der Waals surface area contributed by atoms with Gasteiger partial charge in [-0.2, -0.15) is 0 Å². The minimum atomic E-state index is -0.259. The zero-order valence-corrected chi connectivity index (χ0v) is 16.2. The molecule has 1 unspecified atom stereocenters. The molecule has 5 nitrogen and oxygen atoms in total. The first kappa shape index (κ1) is 18.2. The van der Waals surface area contributed by atoms with Crippen molar-refractivity contribution in [2.24, 2.45) is 5.16 Å². The fourth-order valence-corrected chi connectivity index (χ4v) is 3.54. The van der Waals surface area contributed by atoms with E-state index in [0.717, 1.165) is 28.8 Å². The van der Waals surface area contributed by atoms with Crippen LogP contribution in [0, 0.1) is 13.8 Å². The van der Waals surface area contributed by atoms with Gasteiger partial charge in [0.2, 0.25) is 5.43 Å². The third-order valence-electron chi connectivity index (χ3n) is 5.24. The predicted octanol–water partition coefficient (Wildman–Crippen LogP) is 4.01. The lowest BCUT2D eigenvalue weighted by Gasteiger charge is -2.13. The van der Waals surface area contributed by atoms with Crippen LogP contribution in [0.3, 0.4) is 0 Å². The number of ketones is 1. The number of aryl methyl sites for hydroxylation is 2. The lowest BCUT2D eigenvalue weighted by molar-refractivity contribution is 0.0995. The predicted molar refractivity (Wildman–Crippen MR) is 110 cm³/mol. The molecule has 1 aliphatic rings. The summed E-state index contributed by atoms with van der Waals surface area (Å²) < 4.78 is 1.92. The Morgan fingerprint density at radius 3 is 2.68 bits per heavy atom. The summed E-state index contributed by atoms with van der Waals surface area (Å²) in [4.78, 5) is 31.5. The largest absolute Gasteiger partial charge is 0.392 e. The van der Waals surface area contributed by atoms with E-state index in [1.54, 1.807) is 18.3 Å². The van der Waals surface area contributed by atoms with Crippen molar-refractivity contribution < 1.29 is 9.63 Å². The molecule has 142 valence electrons. The Bertz CT molecular complexity index is 1170. The molecule has 2 heterocycles. The molecule has 3 aromatic rings. The summed E-state index contributed by atoms with van der Waals surface area (Å²) in [6, 6.07) is 12.9. The van der Waals surface area contributed by atoms with Crippen LogP contribution in [0.5, 0.6) is 0 Å². The Labute approximate surface area is 163 Å². The van der Waals surface area contributed by atoms with E-state index in [2.05, 4.69) is 5.16 Å². The Balaban J connectivity index is 1.84. The van der Waals surface area contributed by atoms with Crippen LogP contribution in [0.25, 0.3) is 10.9 Å². The van der Waals surface area contributed by atoms with Crippen molar-refractivity contribution in [2.75, 3.05) is 0 Å². The van der Waals surface area contributed by atoms with Gasteiger partial charge in [0, 0.05) is 23.6 Å². The van der Waals surface area contributed by atoms with Crippen molar-refractivity contribution in [3.8, 4) is 0 Å². The highest BCUT2D eigenvalue weighted by molar-refractivity contribution is 6.10. The minimum absolute atomic E-state index is 0.0530. The third-order valence-corrected chi connectivity index (χ3v) is 5.24. The number of fused-ring (bicyclic) bond motifs is 1. The molecule has 28 heavy (non-hydrogen) atoms. The Morgan fingerprint density at radius 2 is 1.96 bits per heavy atom. The molecule has 2 aromatic carbocycles. The van der Waals surface area contributed by atoms with Gasteiger partial charge in [0.15, 0.2) is 5.78 Å². The van der Waals surface area contributed by atoms with Gasteiger partial charge in [-0.05, 0) is 50.1 Å². The molecule has 0 amide bonds. The second-order valence-electron chi connectivity index (χ2n) is 7.42. The zero-order valence-electron chi connectivity index (χ0n) is 16.2. The Hall–Kier alpha value is -3.21. The van der Waals surface area contributed by atoms with Gasteiger partial charge in [-0.15, -0.1) is 0 Å². The highest BCUT2D eigenvalue weighted by Gasteiger charge is 2.20. The number of hydrogen-bond donors (Lipinski definition) is 0. The third kappa shape index (κ3) is 3.24. The number of nitrogens with zero attached hydrogens (tertiary/aromatic N) is 2. The molecule has 0 fully saturated rings. The second kappa shape index (κ2) is 7.08. The maximum Gasteiger partial charge on any atom is 0.200 e. The topological polar surface area (TPSA) is 60.7 Å². The zero-order chi connectivity index (χ0) is 19.8. The Morgan fingerprint density at radius 1 is 1.18 bits per heavy atom. The Kier molecular flexibility index (Phi) is 4.59. The molecule has 0 bridgehead atoms. The molecular weight excluding hydrogens is 352 g/mol. The summed E-state index contributed by atoms with van der Waals surface area (Å²) in [6.07, 6.45) is 2.45. The molecule has 0 aliphatic carbocycles. The van der Waals surface area contributed by atoms with E-state index in [4.69, 9.17) is 4.84 Å².